The minimum Gasteiger partial charge on any atom is -0.320 e. The van der Waals surface area contributed by atoms with Gasteiger partial charge in [0.05, 0.1) is 35.8 Å². The normalized spacial score (nSPS) is 9.32. The fourth-order valence-electron chi connectivity index (χ4n) is 1.40. The van der Waals surface area contributed by atoms with Crippen molar-refractivity contribution in [3.63, 3.8) is 0 Å². The van der Waals surface area contributed by atoms with Crippen LogP contribution in [-0.4, -0.2) is 27.4 Å². The summed E-state index contributed by atoms with van der Waals surface area (Å²) in [7, 11) is 0. The Kier molecular flexibility index (Phi) is 4.16. The molecule has 6 nitrogen and oxygen atoms in total. The molecule has 0 aliphatic carbocycles. The van der Waals surface area contributed by atoms with Gasteiger partial charge in [0, 0.05) is 12.4 Å². The lowest BCUT2D eigenvalue weighted by Gasteiger charge is -2.05. The lowest BCUT2D eigenvalue weighted by molar-refractivity contribution is 0.102. The fraction of sp³-hybridized carbons (Fsp3) is 0.0769. The van der Waals surface area contributed by atoms with Gasteiger partial charge in [0.1, 0.15) is 6.33 Å². The molecule has 0 fully saturated rings. The Morgan fingerprint density at radius 3 is 2.79 bits per heavy atom. The Morgan fingerprint density at radius 2 is 2.05 bits per heavy atom. The van der Waals surface area contributed by atoms with E-state index in [1.165, 1.54) is 31.1 Å². The third kappa shape index (κ3) is 3.34. The van der Waals surface area contributed by atoms with Gasteiger partial charge in [0.15, 0.2) is 0 Å². The molecular weight excluding hydrogens is 242 g/mol. The number of nitrogens with one attached hydrogen (secondary N) is 1. The summed E-state index contributed by atoms with van der Waals surface area (Å²) in [6.45, 7) is 0.225. The van der Waals surface area contributed by atoms with Crippen molar-refractivity contribution in [2.45, 2.75) is 0 Å². The highest BCUT2D eigenvalue weighted by atomic mass is 16.1. The highest BCUT2D eigenvalue weighted by molar-refractivity contribution is 6.05. The Balaban J connectivity index is 2.24. The summed E-state index contributed by atoms with van der Waals surface area (Å²) in [5.74, 6) is 5.21. The minimum atomic E-state index is -0.293. The van der Waals surface area contributed by atoms with Gasteiger partial charge in [-0.25, -0.2) is 9.97 Å². The molecule has 94 valence electrons. The molecule has 19 heavy (non-hydrogen) atoms. The van der Waals surface area contributed by atoms with Crippen LogP contribution in [0.5, 0.6) is 0 Å². The van der Waals surface area contributed by atoms with Crippen LogP contribution in [0.15, 0.2) is 37.2 Å². The van der Waals surface area contributed by atoms with Crippen LogP contribution in [-0.2, 0) is 0 Å². The van der Waals surface area contributed by atoms with Crippen molar-refractivity contribution in [1.82, 2.24) is 15.0 Å². The average molecular weight is 253 g/mol. The first-order valence-corrected chi connectivity index (χ1v) is 5.50. The molecular formula is C13H11N5O. The van der Waals surface area contributed by atoms with Gasteiger partial charge in [-0.15, -0.1) is 0 Å². The van der Waals surface area contributed by atoms with Gasteiger partial charge in [-0.1, -0.05) is 11.8 Å². The van der Waals surface area contributed by atoms with Gasteiger partial charge in [-0.3, -0.25) is 9.78 Å². The van der Waals surface area contributed by atoms with Crippen LogP contribution < -0.4 is 11.1 Å². The van der Waals surface area contributed by atoms with Crippen LogP contribution >= 0.6 is 0 Å². The Hall–Kier alpha value is -2.78. The van der Waals surface area contributed by atoms with Gasteiger partial charge in [-0.05, 0) is 6.07 Å². The second-order valence-electron chi connectivity index (χ2n) is 3.51. The van der Waals surface area contributed by atoms with E-state index in [-0.39, 0.29) is 12.5 Å². The van der Waals surface area contributed by atoms with Gasteiger partial charge >= 0.3 is 0 Å². The second kappa shape index (κ2) is 6.23. The summed E-state index contributed by atoms with van der Waals surface area (Å²) in [6.07, 6.45) is 7.47. The number of amides is 1. The van der Waals surface area contributed by atoms with Crippen molar-refractivity contribution < 1.29 is 4.79 Å². The fourth-order valence-corrected chi connectivity index (χ4v) is 1.40. The molecule has 3 N–H and O–H groups in total. The van der Waals surface area contributed by atoms with E-state index in [4.69, 9.17) is 5.73 Å². The number of anilines is 1. The predicted molar refractivity (Wildman–Crippen MR) is 70.2 cm³/mol. The predicted octanol–water partition coefficient (Wildman–Crippen LogP) is 0.434. The lowest BCUT2D eigenvalue weighted by Crippen LogP contribution is -2.14. The summed E-state index contributed by atoms with van der Waals surface area (Å²) in [5, 5.41) is 2.68. The second-order valence-corrected chi connectivity index (χ2v) is 3.51. The van der Waals surface area contributed by atoms with E-state index < -0.39 is 0 Å². The van der Waals surface area contributed by atoms with Crippen molar-refractivity contribution in [1.29, 1.82) is 0 Å². The zero-order valence-corrected chi connectivity index (χ0v) is 10.00. The van der Waals surface area contributed by atoms with Gasteiger partial charge < -0.3 is 11.1 Å². The summed E-state index contributed by atoms with van der Waals surface area (Å²) in [4.78, 5) is 23.7. The van der Waals surface area contributed by atoms with Gasteiger partial charge in [0.2, 0.25) is 0 Å². The Morgan fingerprint density at radius 1 is 1.26 bits per heavy atom. The molecule has 0 aliphatic rings. The SMILES string of the molecule is NCC#Cc1cnccc1C(=O)Nc1cncnc1. The Labute approximate surface area is 110 Å². The van der Waals surface area contributed by atoms with Crippen molar-refractivity contribution >= 4 is 11.6 Å². The molecule has 6 heteroatoms. The largest absolute Gasteiger partial charge is 0.320 e. The maximum atomic E-state index is 12.1. The van der Waals surface area contributed by atoms with Crippen LogP contribution in [0.25, 0.3) is 0 Å². The summed E-state index contributed by atoms with van der Waals surface area (Å²) in [6, 6.07) is 1.60. The number of aromatic nitrogens is 3. The van der Waals surface area contributed by atoms with E-state index in [2.05, 4.69) is 32.1 Å². The van der Waals surface area contributed by atoms with Gasteiger partial charge in [0.25, 0.3) is 5.91 Å². The molecule has 0 unspecified atom stereocenters. The third-order valence-electron chi connectivity index (χ3n) is 2.21. The average Bonchev–Trinajstić information content (AvgIpc) is 2.46. The molecule has 0 aliphatic heterocycles. The number of hydrogen-bond donors (Lipinski definition) is 2. The first-order valence-electron chi connectivity index (χ1n) is 5.50. The van der Waals surface area contributed by atoms with Crippen molar-refractivity contribution in [2.24, 2.45) is 5.73 Å². The number of carbonyl (C=O) groups excluding carboxylic acids is 1. The van der Waals surface area contributed by atoms with Crippen molar-refractivity contribution in [2.75, 3.05) is 11.9 Å². The zero-order valence-electron chi connectivity index (χ0n) is 10.00. The van der Waals surface area contributed by atoms with Crippen molar-refractivity contribution in [3.05, 3.63) is 48.3 Å². The van der Waals surface area contributed by atoms with E-state index in [9.17, 15) is 4.79 Å². The molecule has 2 aromatic rings. The highest BCUT2D eigenvalue weighted by Crippen LogP contribution is 2.09. The molecule has 2 heterocycles. The number of carbonyl (C=O) groups is 1. The molecule has 2 rings (SSSR count). The summed E-state index contributed by atoms with van der Waals surface area (Å²) in [5.41, 5.74) is 6.79. The number of pyridine rings is 1. The van der Waals surface area contributed by atoms with E-state index in [1.54, 1.807) is 6.07 Å². The van der Waals surface area contributed by atoms with Crippen LogP contribution in [0, 0.1) is 11.8 Å². The standard InChI is InChI=1S/C13H11N5O/c14-4-1-2-10-6-15-5-3-12(10)13(19)18-11-7-16-9-17-8-11/h3,5-9H,4,14H2,(H,18,19). The van der Waals surface area contributed by atoms with Crippen molar-refractivity contribution in [3.8, 4) is 11.8 Å². The van der Waals surface area contributed by atoms with E-state index in [0.29, 0.717) is 16.8 Å². The first-order chi connectivity index (χ1) is 9.31. The van der Waals surface area contributed by atoms with E-state index >= 15 is 0 Å². The monoisotopic (exact) mass is 253 g/mol. The number of hydrogen-bond acceptors (Lipinski definition) is 5. The lowest BCUT2D eigenvalue weighted by atomic mass is 10.1. The van der Waals surface area contributed by atoms with Crippen LogP contribution in [0.4, 0.5) is 5.69 Å². The topological polar surface area (TPSA) is 93.8 Å². The van der Waals surface area contributed by atoms with Crippen LogP contribution in [0.3, 0.4) is 0 Å². The van der Waals surface area contributed by atoms with Crippen LogP contribution in [0.2, 0.25) is 0 Å². The molecule has 0 spiro atoms. The highest BCUT2D eigenvalue weighted by Gasteiger charge is 2.10. The zero-order chi connectivity index (χ0) is 13.5. The number of rotatable bonds is 2. The maximum Gasteiger partial charge on any atom is 0.257 e. The molecule has 2 aromatic heterocycles. The maximum absolute atomic E-state index is 12.1. The van der Waals surface area contributed by atoms with Gasteiger partial charge in [-0.2, -0.15) is 0 Å². The quantitative estimate of drug-likeness (QED) is 0.757. The van der Waals surface area contributed by atoms with E-state index in [1.807, 2.05) is 0 Å². The Bertz CT molecular complexity index is 630. The molecule has 0 aromatic carbocycles. The molecule has 0 saturated carbocycles. The molecule has 0 bridgehead atoms. The number of nitrogens with zero attached hydrogens (tertiary/aromatic N) is 3. The molecule has 0 atom stereocenters. The smallest absolute Gasteiger partial charge is 0.257 e. The molecule has 1 amide bonds. The van der Waals surface area contributed by atoms with Crippen LogP contribution in [0.1, 0.15) is 15.9 Å². The molecule has 0 radical (unpaired) electrons. The summed E-state index contributed by atoms with van der Waals surface area (Å²) >= 11 is 0. The molecule has 0 saturated heterocycles. The first kappa shape index (κ1) is 12.7. The number of nitrogens with two attached hydrogens (primary N) is 1. The summed E-state index contributed by atoms with van der Waals surface area (Å²) < 4.78 is 0. The van der Waals surface area contributed by atoms with E-state index in [0.717, 1.165) is 0 Å². The minimum absolute atomic E-state index is 0.225. The third-order valence-corrected chi connectivity index (χ3v) is 2.21.